The highest BCUT2D eigenvalue weighted by Crippen LogP contribution is 2.45. The second-order valence-corrected chi connectivity index (χ2v) is 25.4. The van der Waals surface area contributed by atoms with Crippen LogP contribution >= 0.6 is 0 Å². The summed E-state index contributed by atoms with van der Waals surface area (Å²) in [6.45, 7) is -0.279. The van der Waals surface area contributed by atoms with E-state index in [2.05, 4.69) is 353 Å². The van der Waals surface area contributed by atoms with Crippen LogP contribution in [0.2, 0.25) is 0 Å². The van der Waals surface area contributed by atoms with E-state index in [1.165, 1.54) is 137 Å². The van der Waals surface area contributed by atoms with Gasteiger partial charge in [0.25, 0.3) is 6.71 Å². The lowest BCUT2D eigenvalue weighted by Crippen LogP contribution is -2.60. The average molecular weight is 1190 g/mol. The molecular weight excluding hydrogens is 1130 g/mol. The summed E-state index contributed by atoms with van der Waals surface area (Å²) < 4.78 is 7.95. The molecule has 5 heterocycles. The van der Waals surface area contributed by atoms with Gasteiger partial charge in [0.1, 0.15) is 0 Å². The van der Waals surface area contributed by atoms with Gasteiger partial charge in [-0.1, -0.05) is 279 Å². The molecule has 0 atom stereocenters. The first kappa shape index (κ1) is 52.5. The van der Waals surface area contributed by atoms with E-state index in [1.807, 2.05) is 0 Å². The number of para-hydroxylation sites is 4. The first-order valence-corrected chi connectivity index (χ1v) is 32.7. The monoisotopic (exact) mass is 1190 g/mol. The van der Waals surface area contributed by atoms with Gasteiger partial charge in [0.2, 0.25) is 0 Å². The molecule has 0 fully saturated rings. The Morgan fingerprint density at radius 3 is 0.830 bits per heavy atom. The van der Waals surface area contributed by atoms with E-state index < -0.39 is 0 Å². The van der Waals surface area contributed by atoms with E-state index in [0.717, 1.165) is 49.9 Å². The molecule has 2 aliphatic heterocycles. The molecular formula is C90H56BN3. The third-order valence-corrected chi connectivity index (χ3v) is 20.4. The largest absolute Gasteiger partial charge is 0.310 e. The van der Waals surface area contributed by atoms with Gasteiger partial charge in [0.15, 0.2) is 0 Å². The molecule has 434 valence electrons. The number of benzene rings is 15. The molecule has 0 bridgehead atoms. The van der Waals surface area contributed by atoms with E-state index in [-0.39, 0.29) is 6.71 Å². The average Bonchev–Trinajstić information content (AvgIpc) is 1.01. The molecule has 94 heavy (non-hydrogen) atoms. The van der Waals surface area contributed by atoms with Crippen molar-refractivity contribution in [2.45, 2.75) is 0 Å². The van der Waals surface area contributed by atoms with Crippen molar-refractivity contribution in [3.63, 3.8) is 0 Å². The number of aromatic nitrogens is 3. The van der Waals surface area contributed by atoms with Crippen LogP contribution in [-0.4, -0.2) is 20.4 Å². The molecule has 3 aromatic heterocycles. The van der Waals surface area contributed by atoms with Crippen molar-refractivity contribution in [1.82, 2.24) is 13.7 Å². The molecule has 0 aliphatic carbocycles. The Bertz CT molecular complexity index is 6010. The summed E-state index contributed by atoms with van der Waals surface area (Å²) in [5, 5.41) is 16.6. The highest BCUT2D eigenvalue weighted by atomic mass is 15.1. The fourth-order valence-corrected chi connectivity index (χ4v) is 16.4. The maximum absolute atomic E-state index is 2.70. The van der Waals surface area contributed by atoms with Crippen molar-refractivity contribution in [3.8, 4) is 61.6 Å². The minimum absolute atomic E-state index is 0.279. The molecule has 0 N–H and O–H groups in total. The summed E-state index contributed by atoms with van der Waals surface area (Å²) in [7, 11) is 0. The molecule has 0 saturated heterocycles. The van der Waals surface area contributed by atoms with Crippen LogP contribution in [0, 0.1) is 0 Å². The van der Waals surface area contributed by atoms with Crippen LogP contribution in [0.4, 0.5) is 0 Å². The molecule has 15 aromatic carbocycles. The normalized spacial score (nSPS) is 12.2. The Hall–Kier alpha value is -12.2. The molecule has 0 amide bonds. The topological polar surface area (TPSA) is 14.8 Å². The first-order valence-electron chi connectivity index (χ1n) is 32.7. The minimum atomic E-state index is -0.279. The van der Waals surface area contributed by atoms with E-state index in [1.54, 1.807) is 0 Å². The SMILES string of the molecule is c1ccc(-c2ccc3c4ccccc4c4cc(-c5ccccc5)cc5c4n(c4ccccc4c3c2)-c2cc(-n3c4ccccc4c4ccccc43)cc3c2B5c2cc(-c4ccccc4)cc4c5ccccc5c5ccc(-c6ccccc6)cc5c5ccccc5n-3c24)cc1. The smallest absolute Gasteiger partial charge is 0.252 e. The van der Waals surface area contributed by atoms with Gasteiger partial charge in [-0.2, -0.15) is 0 Å². The van der Waals surface area contributed by atoms with Crippen molar-refractivity contribution < 1.29 is 0 Å². The Kier molecular flexibility index (Phi) is 11.5. The molecule has 3 nitrogen and oxygen atoms in total. The molecule has 0 unspecified atom stereocenters. The highest BCUT2D eigenvalue weighted by molar-refractivity contribution is 7.00. The van der Waals surface area contributed by atoms with E-state index in [9.17, 15) is 0 Å². The number of hydrogen-bond donors (Lipinski definition) is 0. The summed E-state index contributed by atoms with van der Waals surface area (Å²) in [5.41, 5.74) is 23.4. The van der Waals surface area contributed by atoms with E-state index >= 15 is 0 Å². The molecule has 0 radical (unpaired) electrons. The van der Waals surface area contributed by atoms with Crippen LogP contribution in [-0.2, 0) is 0 Å². The van der Waals surface area contributed by atoms with Crippen molar-refractivity contribution in [1.29, 1.82) is 0 Å². The predicted molar refractivity (Wildman–Crippen MR) is 401 cm³/mol. The molecule has 20 rings (SSSR count). The van der Waals surface area contributed by atoms with Crippen molar-refractivity contribution in [2.24, 2.45) is 0 Å². The van der Waals surface area contributed by atoms with Gasteiger partial charge < -0.3 is 13.7 Å². The fraction of sp³-hybridized carbons (Fsp3) is 0. The van der Waals surface area contributed by atoms with Gasteiger partial charge in [-0.05, 0) is 165 Å². The highest BCUT2D eigenvalue weighted by Gasteiger charge is 2.41. The van der Waals surface area contributed by atoms with Gasteiger partial charge in [0.05, 0.1) is 27.8 Å². The zero-order chi connectivity index (χ0) is 61.5. The number of nitrogens with zero attached hydrogens (tertiary/aromatic N) is 3. The van der Waals surface area contributed by atoms with Crippen LogP contribution in [0.3, 0.4) is 0 Å². The quantitative estimate of drug-likeness (QED) is 0.153. The van der Waals surface area contributed by atoms with Gasteiger partial charge >= 0.3 is 0 Å². The number of fused-ring (bicyclic) bond motifs is 21. The van der Waals surface area contributed by atoms with Gasteiger partial charge in [-0.25, -0.2) is 0 Å². The van der Waals surface area contributed by atoms with Crippen LogP contribution in [0.25, 0.3) is 170 Å². The van der Waals surface area contributed by atoms with Gasteiger partial charge in [-0.3, -0.25) is 0 Å². The van der Waals surface area contributed by atoms with Crippen molar-refractivity contribution in [2.75, 3.05) is 0 Å². The van der Waals surface area contributed by atoms with E-state index in [0.29, 0.717) is 0 Å². The minimum Gasteiger partial charge on any atom is -0.310 e. The third kappa shape index (κ3) is 7.81. The van der Waals surface area contributed by atoms with Crippen LogP contribution in [0.5, 0.6) is 0 Å². The van der Waals surface area contributed by atoms with Gasteiger partial charge in [0, 0.05) is 54.7 Å². The number of hydrogen-bond acceptors (Lipinski definition) is 0. The third-order valence-electron chi connectivity index (χ3n) is 20.4. The van der Waals surface area contributed by atoms with Crippen LogP contribution < -0.4 is 16.4 Å². The van der Waals surface area contributed by atoms with Crippen molar-refractivity contribution >= 4 is 132 Å². The zero-order valence-corrected chi connectivity index (χ0v) is 51.3. The van der Waals surface area contributed by atoms with Crippen LogP contribution in [0.15, 0.2) is 340 Å². The standard InChI is InChI=1S/C90H56BN3/c1-5-25-57(26-6-1)61-45-47-70-66-33-13-15-35-68(66)78-51-63(59-29-9-3-10-30-59)53-80-89(78)93(84-43-23-19-39-74(84)76(70)49-61)86-55-65(92-82-41-21-17-37-72(82)73-38-18-22-42-83(73)92)56-87-88(86)91(80)81-54-64(60-31-11-4-12-32-60)52-79-69-36-16-14-34-67(69)71-48-46-62(58-27-7-2-8-28-58)50-77(71)75-40-20-24-44-85(75)94(87)90(79)81/h1-56H. The lowest BCUT2D eigenvalue weighted by molar-refractivity contribution is 1.10. The molecule has 4 heteroatoms. The van der Waals surface area contributed by atoms with Crippen molar-refractivity contribution in [3.05, 3.63) is 340 Å². The molecule has 18 aromatic rings. The molecule has 0 saturated carbocycles. The molecule has 2 aliphatic rings. The Balaban J connectivity index is 1.09. The summed E-state index contributed by atoms with van der Waals surface area (Å²) in [6, 6.07) is 128. The summed E-state index contributed by atoms with van der Waals surface area (Å²) >= 11 is 0. The summed E-state index contributed by atoms with van der Waals surface area (Å²) in [5.74, 6) is 0. The molecule has 0 spiro atoms. The fourth-order valence-electron chi connectivity index (χ4n) is 16.4. The first-order chi connectivity index (χ1) is 46.7. The lowest BCUT2D eigenvalue weighted by atomic mass is 9.34. The summed E-state index contributed by atoms with van der Waals surface area (Å²) in [6.07, 6.45) is 0. The zero-order valence-electron chi connectivity index (χ0n) is 51.3. The van der Waals surface area contributed by atoms with Crippen LogP contribution in [0.1, 0.15) is 0 Å². The van der Waals surface area contributed by atoms with E-state index in [4.69, 9.17) is 0 Å². The lowest BCUT2D eigenvalue weighted by Gasteiger charge is -2.37. The predicted octanol–water partition coefficient (Wildman–Crippen LogP) is 21.7. The number of rotatable bonds is 5. The Morgan fingerprint density at radius 2 is 0.457 bits per heavy atom. The van der Waals surface area contributed by atoms with Gasteiger partial charge in [-0.15, -0.1) is 0 Å². The summed E-state index contributed by atoms with van der Waals surface area (Å²) in [4.78, 5) is 0. The Labute approximate surface area is 543 Å². The second kappa shape index (κ2) is 20.6. The maximum atomic E-state index is 2.70. The Morgan fingerprint density at radius 1 is 0.181 bits per heavy atom. The maximum Gasteiger partial charge on any atom is 0.252 e. The second-order valence-electron chi connectivity index (χ2n) is 25.4.